The molecule has 4 nitrogen and oxygen atoms in total. The van der Waals surface area contributed by atoms with Crippen molar-refractivity contribution in [2.24, 2.45) is 0 Å². The molecule has 2 aromatic carbocycles. The van der Waals surface area contributed by atoms with Crippen molar-refractivity contribution in [3.05, 3.63) is 64.8 Å². The molecule has 0 fully saturated rings. The molecule has 1 heterocycles. The Morgan fingerprint density at radius 1 is 1.10 bits per heavy atom. The van der Waals surface area contributed by atoms with Crippen LogP contribution in [-0.2, 0) is 16.6 Å². The Labute approximate surface area is 131 Å². The number of aromatic amines is 1. The Morgan fingerprint density at radius 3 is 2.71 bits per heavy atom. The van der Waals surface area contributed by atoms with E-state index in [2.05, 4.69) is 25.6 Å². The molecule has 21 heavy (non-hydrogen) atoms. The van der Waals surface area contributed by atoms with Crippen LogP contribution in [0.2, 0.25) is 0 Å². The molecule has 6 heteroatoms. The van der Waals surface area contributed by atoms with Gasteiger partial charge in [-0.3, -0.25) is 0 Å². The van der Waals surface area contributed by atoms with Crippen molar-refractivity contribution in [1.29, 1.82) is 0 Å². The standard InChI is InChI=1S/C15H13BrN2O2S/c16-12-4-2-5-13(9-12)21(19,20)18-10-11-3-1-6-15-14(11)7-8-17-15/h1-9,17-18H,10H2. The third kappa shape index (κ3) is 3.02. The molecule has 0 amide bonds. The lowest BCUT2D eigenvalue weighted by atomic mass is 10.1. The van der Waals surface area contributed by atoms with Gasteiger partial charge in [0.15, 0.2) is 0 Å². The lowest BCUT2D eigenvalue weighted by molar-refractivity contribution is 0.581. The summed E-state index contributed by atoms with van der Waals surface area (Å²) >= 11 is 3.28. The number of fused-ring (bicyclic) bond motifs is 1. The van der Waals surface area contributed by atoms with Crippen LogP contribution in [0.15, 0.2) is 64.1 Å². The van der Waals surface area contributed by atoms with Crippen molar-refractivity contribution in [2.45, 2.75) is 11.4 Å². The second-order valence-corrected chi connectivity index (χ2v) is 7.32. The minimum Gasteiger partial charge on any atom is -0.361 e. The van der Waals surface area contributed by atoms with E-state index < -0.39 is 10.0 Å². The molecule has 0 aliphatic heterocycles. The SMILES string of the molecule is O=S(=O)(NCc1cccc2[nH]ccc12)c1cccc(Br)c1. The Kier molecular flexibility index (Phi) is 3.84. The molecule has 0 saturated heterocycles. The van der Waals surface area contributed by atoms with Crippen LogP contribution < -0.4 is 4.72 Å². The van der Waals surface area contributed by atoms with E-state index in [1.165, 1.54) is 0 Å². The highest BCUT2D eigenvalue weighted by atomic mass is 79.9. The van der Waals surface area contributed by atoms with Crippen molar-refractivity contribution in [2.75, 3.05) is 0 Å². The Hall–Kier alpha value is -1.63. The fourth-order valence-corrected chi connectivity index (χ4v) is 3.80. The van der Waals surface area contributed by atoms with E-state index in [1.54, 1.807) is 24.3 Å². The lowest BCUT2D eigenvalue weighted by Crippen LogP contribution is -2.23. The molecular formula is C15H13BrN2O2S. The van der Waals surface area contributed by atoms with E-state index in [4.69, 9.17) is 0 Å². The van der Waals surface area contributed by atoms with Crippen molar-refractivity contribution < 1.29 is 8.42 Å². The van der Waals surface area contributed by atoms with Gasteiger partial charge < -0.3 is 4.98 Å². The molecule has 3 aromatic rings. The molecule has 0 unspecified atom stereocenters. The number of hydrogen-bond donors (Lipinski definition) is 2. The van der Waals surface area contributed by atoms with Crippen molar-refractivity contribution in [3.8, 4) is 0 Å². The fraction of sp³-hybridized carbons (Fsp3) is 0.0667. The first kappa shape index (κ1) is 14.3. The summed E-state index contributed by atoms with van der Waals surface area (Å²) in [6, 6.07) is 14.4. The maximum Gasteiger partial charge on any atom is 0.240 e. The van der Waals surface area contributed by atoms with Gasteiger partial charge in [-0.2, -0.15) is 0 Å². The van der Waals surface area contributed by atoms with Crippen LogP contribution >= 0.6 is 15.9 Å². The lowest BCUT2D eigenvalue weighted by Gasteiger charge is -2.08. The molecule has 0 spiro atoms. The molecule has 0 atom stereocenters. The average Bonchev–Trinajstić information content (AvgIpc) is 2.94. The summed E-state index contributed by atoms with van der Waals surface area (Å²) in [5.74, 6) is 0. The highest BCUT2D eigenvalue weighted by Crippen LogP contribution is 2.19. The number of benzene rings is 2. The second kappa shape index (κ2) is 5.63. The summed E-state index contributed by atoms with van der Waals surface area (Å²) in [5.41, 5.74) is 1.93. The molecular weight excluding hydrogens is 352 g/mol. The normalized spacial score (nSPS) is 11.9. The fourth-order valence-electron chi connectivity index (χ4n) is 2.19. The molecule has 0 aliphatic carbocycles. The first-order chi connectivity index (χ1) is 10.1. The number of sulfonamides is 1. The predicted molar refractivity (Wildman–Crippen MR) is 86.5 cm³/mol. The van der Waals surface area contributed by atoms with Crippen LogP contribution in [0.3, 0.4) is 0 Å². The number of rotatable bonds is 4. The summed E-state index contributed by atoms with van der Waals surface area (Å²) < 4.78 is 28.0. The van der Waals surface area contributed by atoms with Gasteiger partial charge in [0.2, 0.25) is 10.0 Å². The Morgan fingerprint density at radius 2 is 1.90 bits per heavy atom. The second-order valence-electron chi connectivity index (χ2n) is 4.64. The third-order valence-corrected chi connectivity index (χ3v) is 5.14. The molecule has 1 aromatic heterocycles. The quantitative estimate of drug-likeness (QED) is 0.744. The first-order valence-corrected chi connectivity index (χ1v) is 8.64. The molecule has 3 rings (SSSR count). The van der Waals surface area contributed by atoms with Gasteiger partial charge in [-0.05, 0) is 35.9 Å². The number of hydrogen-bond acceptors (Lipinski definition) is 2. The van der Waals surface area contributed by atoms with Crippen molar-refractivity contribution >= 4 is 36.9 Å². The third-order valence-electron chi connectivity index (χ3n) is 3.24. The van der Waals surface area contributed by atoms with Gasteiger partial charge >= 0.3 is 0 Å². The maximum atomic E-state index is 12.3. The maximum absolute atomic E-state index is 12.3. The monoisotopic (exact) mass is 364 g/mol. The first-order valence-electron chi connectivity index (χ1n) is 6.36. The van der Waals surface area contributed by atoms with E-state index in [9.17, 15) is 8.42 Å². The van der Waals surface area contributed by atoms with E-state index in [-0.39, 0.29) is 11.4 Å². The van der Waals surface area contributed by atoms with E-state index in [0.717, 1.165) is 20.9 Å². The topological polar surface area (TPSA) is 62.0 Å². The summed E-state index contributed by atoms with van der Waals surface area (Å²) in [4.78, 5) is 3.36. The van der Waals surface area contributed by atoms with Crippen LogP contribution in [0.4, 0.5) is 0 Å². The number of nitrogens with one attached hydrogen (secondary N) is 2. The van der Waals surface area contributed by atoms with Gasteiger partial charge in [0, 0.05) is 28.1 Å². The molecule has 0 radical (unpaired) electrons. The summed E-state index contributed by atoms with van der Waals surface area (Å²) in [6.45, 7) is 0.254. The Bertz CT molecular complexity index is 887. The zero-order chi connectivity index (χ0) is 14.9. The van der Waals surface area contributed by atoms with Gasteiger partial charge in [-0.25, -0.2) is 13.1 Å². The van der Waals surface area contributed by atoms with Gasteiger partial charge in [0.1, 0.15) is 0 Å². The molecule has 0 bridgehead atoms. The van der Waals surface area contributed by atoms with E-state index >= 15 is 0 Å². The summed E-state index contributed by atoms with van der Waals surface area (Å²) in [6.07, 6.45) is 1.84. The molecule has 2 N–H and O–H groups in total. The van der Waals surface area contributed by atoms with Gasteiger partial charge in [0.25, 0.3) is 0 Å². The van der Waals surface area contributed by atoms with Crippen LogP contribution in [0.1, 0.15) is 5.56 Å². The van der Waals surface area contributed by atoms with Gasteiger partial charge in [-0.15, -0.1) is 0 Å². The number of aromatic nitrogens is 1. The van der Waals surface area contributed by atoms with Crippen LogP contribution in [0, 0.1) is 0 Å². The highest BCUT2D eigenvalue weighted by Gasteiger charge is 2.14. The summed E-state index contributed by atoms with van der Waals surface area (Å²) in [7, 11) is -3.52. The van der Waals surface area contributed by atoms with Crippen LogP contribution in [0.5, 0.6) is 0 Å². The smallest absolute Gasteiger partial charge is 0.240 e. The number of H-pyrrole nitrogens is 1. The van der Waals surface area contributed by atoms with E-state index in [0.29, 0.717) is 0 Å². The van der Waals surface area contributed by atoms with Crippen LogP contribution in [-0.4, -0.2) is 13.4 Å². The highest BCUT2D eigenvalue weighted by molar-refractivity contribution is 9.10. The molecule has 108 valence electrons. The van der Waals surface area contributed by atoms with Gasteiger partial charge in [0.05, 0.1) is 4.90 Å². The zero-order valence-electron chi connectivity index (χ0n) is 11.0. The molecule has 0 saturated carbocycles. The van der Waals surface area contributed by atoms with Crippen molar-refractivity contribution in [1.82, 2.24) is 9.71 Å². The minimum absolute atomic E-state index is 0.248. The minimum atomic E-state index is -3.52. The zero-order valence-corrected chi connectivity index (χ0v) is 13.4. The summed E-state index contributed by atoms with van der Waals surface area (Å²) in [5, 5.41) is 1.02. The average molecular weight is 365 g/mol. The molecule has 0 aliphatic rings. The van der Waals surface area contributed by atoms with Crippen molar-refractivity contribution in [3.63, 3.8) is 0 Å². The Balaban J connectivity index is 1.85. The van der Waals surface area contributed by atoms with Gasteiger partial charge in [-0.1, -0.05) is 34.1 Å². The predicted octanol–water partition coefficient (Wildman–Crippen LogP) is 3.41. The number of halogens is 1. The van der Waals surface area contributed by atoms with Crippen LogP contribution in [0.25, 0.3) is 10.9 Å². The van der Waals surface area contributed by atoms with E-state index in [1.807, 2.05) is 30.5 Å². The largest absolute Gasteiger partial charge is 0.361 e.